The van der Waals surface area contributed by atoms with Gasteiger partial charge in [0.05, 0.1) is 12.6 Å². The Balaban J connectivity index is 2.17. The largest absolute Gasteiger partial charge is 0.289 e. The molecule has 0 N–H and O–H groups in total. The van der Waals surface area contributed by atoms with Crippen molar-refractivity contribution in [2.24, 2.45) is 0 Å². The standard InChI is InChI=1S/C6H10N2S/c7-1-2-8-3-5-9-6-4-8/h2-6H2. The zero-order valence-corrected chi connectivity index (χ0v) is 6.15. The van der Waals surface area contributed by atoms with Crippen molar-refractivity contribution < 1.29 is 0 Å². The van der Waals surface area contributed by atoms with Crippen LogP contribution >= 0.6 is 11.8 Å². The molecular weight excluding hydrogens is 132 g/mol. The molecule has 9 heavy (non-hydrogen) atoms. The van der Waals surface area contributed by atoms with Gasteiger partial charge in [-0.1, -0.05) is 0 Å². The predicted molar refractivity (Wildman–Crippen MR) is 39.4 cm³/mol. The van der Waals surface area contributed by atoms with Crippen molar-refractivity contribution in [1.29, 1.82) is 5.26 Å². The summed E-state index contributed by atoms with van der Waals surface area (Å²) in [5, 5.41) is 8.32. The van der Waals surface area contributed by atoms with Crippen LogP contribution in [0, 0.1) is 11.3 Å². The molecule has 3 heteroatoms. The van der Waals surface area contributed by atoms with Gasteiger partial charge >= 0.3 is 0 Å². The van der Waals surface area contributed by atoms with Crippen LogP contribution < -0.4 is 0 Å². The summed E-state index contributed by atoms with van der Waals surface area (Å²) >= 11 is 1.97. The Morgan fingerprint density at radius 1 is 1.44 bits per heavy atom. The molecule has 0 unspecified atom stereocenters. The molecule has 2 nitrogen and oxygen atoms in total. The smallest absolute Gasteiger partial charge is 0.0866 e. The molecular formula is C6H10N2S. The van der Waals surface area contributed by atoms with Crippen molar-refractivity contribution >= 4 is 11.8 Å². The van der Waals surface area contributed by atoms with E-state index in [-0.39, 0.29) is 0 Å². The maximum Gasteiger partial charge on any atom is 0.0866 e. The Morgan fingerprint density at radius 3 is 2.67 bits per heavy atom. The molecule has 1 saturated heterocycles. The molecule has 0 saturated carbocycles. The summed E-state index contributed by atoms with van der Waals surface area (Å²) in [6.07, 6.45) is 0. The van der Waals surface area contributed by atoms with Gasteiger partial charge in [0.15, 0.2) is 0 Å². The first-order valence-electron chi connectivity index (χ1n) is 3.10. The zero-order chi connectivity index (χ0) is 6.53. The fraction of sp³-hybridized carbons (Fsp3) is 0.833. The van der Waals surface area contributed by atoms with Crippen molar-refractivity contribution in [3.63, 3.8) is 0 Å². The van der Waals surface area contributed by atoms with E-state index in [2.05, 4.69) is 11.0 Å². The van der Waals surface area contributed by atoms with E-state index in [1.165, 1.54) is 11.5 Å². The van der Waals surface area contributed by atoms with E-state index in [1.807, 2.05) is 11.8 Å². The van der Waals surface area contributed by atoms with Crippen LogP contribution in [0.1, 0.15) is 0 Å². The van der Waals surface area contributed by atoms with Crippen LogP contribution in [-0.2, 0) is 0 Å². The Hall–Kier alpha value is -0.200. The minimum atomic E-state index is 0.612. The molecule has 1 heterocycles. The Labute approximate surface area is 59.8 Å². The fourth-order valence-electron chi connectivity index (χ4n) is 0.859. The normalized spacial score (nSPS) is 21.2. The lowest BCUT2D eigenvalue weighted by atomic mass is 10.5. The van der Waals surface area contributed by atoms with Gasteiger partial charge in [0.2, 0.25) is 0 Å². The summed E-state index contributed by atoms with van der Waals surface area (Å²) in [5.74, 6) is 2.39. The highest BCUT2D eigenvalue weighted by molar-refractivity contribution is 7.99. The van der Waals surface area contributed by atoms with E-state index >= 15 is 0 Å². The van der Waals surface area contributed by atoms with Gasteiger partial charge in [0.1, 0.15) is 0 Å². The molecule has 0 aromatic carbocycles. The van der Waals surface area contributed by atoms with Gasteiger partial charge in [-0.25, -0.2) is 0 Å². The van der Waals surface area contributed by atoms with Gasteiger partial charge in [0.25, 0.3) is 0 Å². The summed E-state index contributed by atoms with van der Waals surface area (Å²) in [7, 11) is 0. The Kier molecular flexibility index (Phi) is 2.88. The number of nitrogens with zero attached hydrogens (tertiary/aromatic N) is 2. The molecule has 0 aliphatic carbocycles. The highest BCUT2D eigenvalue weighted by Crippen LogP contribution is 2.07. The van der Waals surface area contributed by atoms with E-state index < -0.39 is 0 Å². The van der Waals surface area contributed by atoms with E-state index in [0.717, 1.165) is 13.1 Å². The fourth-order valence-corrected chi connectivity index (χ4v) is 1.84. The molecule has 0 radical (unpaired) electrons. The second-order valence-corrected chi connectivity index (χ2v) is 3.27. The van der Waals surface area contributed by atoms with Gasteiger partial charge in [-0.15, -0.1) is 0 Å². The first-order chi connectivity index (χ1) is 4.43. The van der Waals surface area contributed by atoms with Crippen LogP contribution in [0.15, 0.2) is 0 Å². The lowest BCUT2D eigenvalue weighted by Crippen LogP contribution is -2.32. The summed E-state index contributed by atoms with van der Waals surface area (Å²) in [4.78, 5) is 2.19. The minimum Gasteiger partial charge on any atom is -0.289 e. The van der Waals surface area contributed by atoms with Crippen molar-refractivity contribution in [3.8, 4) is 6.07 Å². The van der Waals surface area contributed by atoms with Crippen molar-refractivity contribution in [2.45, 2.75) is 0 Å². The number of rotatable bonds is 1. The summed E-state index contributed by atoms with van der Waals surface area (Å²) < 4.78 is 0. The molecule has 1 rings (SSSR count). The topological polar surface area (TPSA) is 27.0 Å². The van der Waals surface area contributed by atoms with E-state index in [1.54, 1.807) is 0 Å². The summed E-state index contributed by atoms with van der Waals surface area (Å²) in [5.41, 5.74) is 0. The minimum absolute atomic E-state index is 0.612. The van der Waals surface area contributed by atoms with Crippen LogP contribution in [0.5, 0.6) is 0 Å². The van der Waals surface area contributed by atoms with Gasteiger partial charge in [-0.05, 0) is 0 Å². The molecule has 1 aliphatic rings. The van der Waals surface area contributed by atoms with Crippen LogP contribution in [-0.4, -0.2) is 36.0 Å². The highest BCUT2D eigenvalue weighted by Gasteiger charge is 2.07. The number of thioether (sulfide) groups is 1. The maximum atomic E-state index is 8.32. The van der Waals surface area contributed by atoms with E-state index in [0.29, 0.717) is 6.54 Å². The third-order valence-electron chi connectivity index (χ3n) is 1.40. The van der Waals surface area contributed by atoms with Gasteiger partial charge < -0.3 is 0 Å². The van der Waals surface area contributed by atoms with Gasteiger partial charge in [-0.2, -0.15) is 17.0 Å². The van der Waals surface area contributed by atoms with Gasteiger partial charge in [0, 0.05) is 24.6 Å². The van der Waals surface area contributed by atoms with Crippen LogP contribution in [0.25, 0.3) is 0 Å². The quantitative estimate of drug-likeness (QED) is 0.500. The lowest BCUT2D eigenvalue weighted by Gasteiger charge is -2.22. The molecule has 0 aromatic rings. The molecule has 50 valence electrons. The predicted octanol–water partition coefficient (Wildman–Crippen LogP) is 0.559. The SMILES string of the molecule is N#CCN1CCSCC1. The third-order valence-corrected chi connectivity index (χ3v) is 2.34. The molecule has 1 aliphatic heterocycles. The third kappa shape index (κ3) is 2.25. The summed E-state index contributed by atoms with van der Waals surface area (Å²) in [6, 6.07) is 2.15. The van der Waals surface area contributed by atoms with Crippen molar-refractivity contribution in [2.75, 3.05) is 31.1 Å². The van der Waals surface area contributed by atoms with Crippen LogP contribution in [0.4, 0.5) is 0 Å². The number of hydrogen-bond donors (Lipinski definition) is 0. The molecule has 1 fully saturated rings. The lowest BCUT2D eigenvalue weighted by molar-refractivity contribution is 0.339. The summed E-state index contributed by atoms with van der Waals surface area (Å²) in [6.45, 7) is 2.80. The van der Waals surface area contributed by atoms with Crippen molar-refractivity contribution in [1.82, 2.24) is 4.90 Å². The average molecular weight is 142 g/mol. The van der Waals surface area contributed by atoms with E-state index in [9.17, 15) is 0 Å². The first-order valence-corrected chi connectivity index (χ1v) is 4.26. The van der Waals surface area contributed by atoms with E-state index in [4.69, 9.17) is 5.26 Å². The van der Waals surface area contributed by atoms with Gasteiger partial charge in [-0.3, -0.25) is 4.90 Å². The number of hydrogen-bond acceptors (Lipinski definition) is 3. The Morgan fingerprint density at radius 2 is 2.11 bits per heavy atom. The average Bonchev–Trinajstić information content (AvgIpc) is 1.91. The van der Waals surface area contributed by atoms with Crippen LogP contribution in [0.3, 0.4) is 0 Å². The molecule has 0 amide bonds. The second kappa shape index (κ2) is 3.76. The Bertz CT molecular complexity index is 113. The number of nitriles is 1. The highest BCUT2D eigenvalue weighted by atomic mass is 32.2. The molecule has 0 bridgehead atoms. The monoisotopic (exact) mass is 142 g/mol. The first kappa shape index (κ1) is 6.91. The van der Waals surface area contributed by atoms with Crippen molar-refractivity contribution in [3.05, 3.63) is 0 Å². The molecule has 0 atom stereocenters. The maximum absolute atomic E-state index is 8.32. The zero-order valence-electron chi connectivity index (χ0n) is 5.34. The van der Waals surface area contributed by atoms with Crippen LogP contribution in [0.2, 0.25) is 0 Å². The second-order valence-electron chi connectivity index (χ2n) is 2.05. The molecule has 0 spiro atoms. The molecule has 0 aromatic heterocycles.